The quantitative estimate of drug-likeness (QED) is 0.724. The van der Waals surface area contributed by atoms with E-state index in [0.717, 1.165) is 11.7 Å². The van der Waals surface area contributed by atoms with Crippen LogP contribution in [0.5, 0.6) is 0 Å². The molecule has 1 N–H and O–H groups in total. The Bertz CT molecular complexity index is 1070. The van der Waals surface area contributed by atoms with Gasteiger partial charge >= 0.3 is 0 Å². The van der Waals surface area contributed by atoms with Gasteiger partial charge < -0.3 is 5.32 Å². The standard InChI is InChI=1S/C18H18N4O3S2/c23-18(19-14-7-2-1-3-8-14)13-6-5-11-22(12-13)27(24,25)16-10-4-9-15-17(16)21-26-20-15/h1-4,7-10,13H,5-6,11-12H2,(H,19,23)/t13-/m1/s1. The Hall–Kier alpha value is -2.36. The lowest BCUT2D eigenvalue weighted by atomic mass is 9.99. The molecule has 0 saturated carbocycles. The molecule has 0 aliphatic carbocycles. The smallest absolute Gasteiger partial charge is 0.245 e. The number of rotatable bonds is 4. The first-order valence-corrected chi connectivity index (χ1v) is 10.8. The second-order valence-electron chi connectivity index (χ2n) is 6.45. The normalized spacial score (nSPS) is 18.4. The van der Waals surface area contributed by atoms with Gasteiger partial charge in [-0.25, -0.2) is 8.42 Å². The lowest BCUT2D eigenvalue weighted by Gasteiger charge is -2.31. The molecule has 1 aromatic heterocycles. The first kappa shape index (κ1) is 18.0. The predicted molar refractivity (Wildman–Crippen MR) is 104 cm³/mol. The number of fused-ring (bicyclic) bond motifs is 1. The van der Waals surface area contributed by atoms with Crippen molar-refractivity contribution >= 4 is 44.4 Å². The summed E-state index contributed by atoms with van der Waals surface area (Å²) in [5.74, 6) is -0.545. The molecule has 1 fully saturated rings. The van der Waals surface area contributed by atoms with Crippen molar-refractivity contribution in [1.82, 2.24) is 13.1 Å². The molecule has 0 bridgehead atoms. The molecular formula is C18H18N4O3S2. The van der Waals surface area contributed by atoms with Crippen LogP contribution in [0.1, 0.15) is 12.8 Å². The monoisotopic (exact) mass is 402 g/mol. The Morgan fingerprint density at radius 2 is 1.93 bits per heavy atom. The molecule has 1 aliphatic rings. The minimum atomic E-state index is -3.74. The number of aromatic nitrogens is 2. The molecule has 4 rings (SSSR count). The molecule has 7 nitrogen and oxygen atoms in total. The number of anilines is 1. The Morgan fingerprint density at radius 1 is 1.11 bits per heavy atom. The summed E-state index contributed by atoms with van der Waals surface area (Å²) in [5.41, 5.74) is 1.66. The number of benzene rings is 2. The third kappa shape index (κ3) is 3.58. The van der Waals surface area contributed by atoms with Gasteiger partial charge in [0.2, 0.25) is 15.9 Å². The summed E-state index contributed by atoms with van der Waals surface area (Å²) >= 11 is 0.989. The van der Waals surface area contributed by atoms with Crippen LogP contribution < -0.4 is 5.32 Å². The number of piperidine rings is 1. The Morgan fingerprint density at radius 3 is 2.74 bits per heavy atom. The topological polar surface area (TPSA) is 92.3 Å². The first-order valence-electron chi connectivity index (χ1n) is 8.63. The van der Waals surface area contributed by atoms with E-state index in [1.165, 1.54) is 4.31 Å². The lowest BCUT2D eigenvalue weighted by molar-refractivity contribution is -0.120. The fourth-order valence-electron chi connectivity index (χ4n) is 3.27. The van der Waals surface area contributed by atoms with Crippen LogP contribution in [0.2, 0.25) is 0 Å². The molecule has 0 radical (unpaired) electrons. The van der Waals surface area contributed by atoms with Crippen molar-refractivity contribution in [1.29, 1.82) is 0 Å². The van der Waals surface area contributed by atoms with E-state index < -0.39 is 10.0 Å². The number of hydrogen-bond acceptors (Lipinski definition) is 6. The SMILES string of the molecule is O=C(Nc1ccccc1)[C@@H]1CCCN(S(=O)(=O)c2cccc3nsnc23)C1. The number of amides is 1. The van der Waals surface area contributed by atoms with Gasteiger partial charge in [-0.1, -0.05) is 24.3 Å². The van der Waals surface area contributed by atoms with Crippen LogP contribution in [-0.2, 0) is 14.8 Å². The van der Waals surface area contributed by atoms with Crippen LogP contribution >= 0.6 is 11.7 Å². The zero-order chi connectivity index (χ0) is 18.9. The van der Waals surface area contributed by atoms with Gasteiger partial charge in [0.15, 0.2) is 0 Å². The van der Waals surface area contributed by atoms with Gasteiger partial charge in [-0.15, -0.1) is 0 Å². The van der Waals surface area contributed by atoms with Crippen molar-refractivity contribution in [2.75, 3.05) is 18.4 Å². The molecule has 9 heteroatoms. The van der Waals surface area contributed by atoms with E-state index in [0.29, 0.717) is 36.1 Å². The zero-order valence-corrected chi connectivity index (χ0v) is 16.0. The van der Waals surface area contributed by atoms with Crippen molar-refractivity contribution < 1.29 is 13.2 Å². The van der Waals surface area contributed by atoms with Crippen LogP contribution in [0.25, 0.3) is 11.0 Å². The minimum Gasteiger partial charge on any atom is -0.326 e. The molecule has 0 spiro atoms. The van der Waals surface area contributed by atoms with Crippen LogP contribution in [-0.4, -0.2) is 40.5 Å². The highest BCUT2D eigenvalue weighted by atomic mass is 32.2. The van der Waals surface area contributed by atoms with Crippen LogP contribution in [0.4, 0.5) is 5.69 Å². The summed E-state index contributed by atoms with van der Waals surface area (Å²) in [4.78, 5) is 12.7. The van der Waals surface area contributed by atoms with Crippen LogP contribution in [0, 0.1) is 5.92 Å². The number of carbonyl (C=O) groups excluding carboxylic acids is 1. The largest absolute Gasteiger partial charge is 0.326 e. The fraction of sp³-hybridized carbons (Fsp3) is 0.278. The summed E-state index contributed by atoms with van der Waals surface area (Å²) in [5, 5.41) is 2.87. The van der Waals surface area contributed by atoms with Gasteiger partial charge in [0.05, 0.1) is 17.6 Å². The molecular weight excluding hydrogens is 384 g/mol. The molecule has 1 saturated heterocycles. The zero-order valence-electron chi connectivity index (χ0n) is 14.4. The second kappa shape index (κ2) is 7.34. The molecule has 2 heterocycles. The lowest BCUT2D eigenvalue weighted by Crippen LogP contribution is -2.43. The van der Waals surface area contributed by atoms with E-state index in [4.69, 9.17) is 0 Å². The fourth-order valence-corrected chi connectivity index (χ4v) is 5.55. The average molecular weight is 403 g/mol. The molecule has 1 aliphatic heterocycles. The van der Waals surface area contributed by atoms with Crippen molar-refractivity contribution in [3.8, 4) is 0 Å². The number of hydrogen-bond donors (Lipinski definition) is 1. The summed E-state index contributed by atoms with van der Waals surface area (Å²) < 4.78 is 35.9. The maximum absolute atomic E-state index is 13.2. The molecule has 1 amide bonds. The molecule has 140 valence electrons. The Balaban J connectivity index is 1.55. The third-order valence-corrected chi connectivity index (χ3v) is 7.10. The van der Waals surface area contributed by atoms with Crippen LogP contribution in [0.15, 0.2) is 53.4 Å². The highest BCUT2D eigenvalue weighted by Gasteiger charge is 2.34. The molecule has 27 heavy (non-hydrogen) atoms. The number of para-hydroxylation sites is 1. The van der Waals surface area contributed by atoms with Gasteiger partial charge in [0.25, 0.3) is 0 Å². The highest BCUT2D eigenvalue weighted by molar-refractivity contribution is 7.89. The van der Waals surface area contributed by atoms with Crippen LogP contribution in [0.3, 0.4) is 0 Å². The van der Waals surface area contributed by atoms with Crippen molar-refractivity contribution in [2.24, 2.45) is 5.92 Å². The molecule has 1 atom stereocenters. The van der Waals surface area contributed by atoms with Gasteiger partial charge in [-0.3, -0.25) is 4.79 Å². The van der Waals surface area contributed by atoms with E-state index in [1.54, 1.807) is 18.2 Å². The molecule has 3 aromatic rings. The van der Waals surface area contributed by atoms with Crippen molar-refractivity contribution in [2.45, 2.75) is 17.7 Å². The van der Waals surface area contributed by atoms with Crippen molar-refractivity contribution in [3.05, 3.63) is 48.5 Å². The second-order valence-corrected chi connectivity index (χ2v) is 8.88. The van der Waals surface area contributed by atoms with Gasteiger partial charge in [-0.2, -0.15) is 13.1 Å². The first-order chi connectivity index (χ1) is 13.1. The van der Waals surface area contributed by atoms with E-state index in [2.05, 4.69) is 14.1 Å². The van der Waals surface area contributed by atoms with Crippen molar-refractivity contribution in [3.63, 3.8) is 0 Å². The maximum Gasteiger partial charge on any atom is 0.245 e. The van der Waals surface area contributed by atoms with E-state index >= 15 is 0 Å². The van der Waals surface area contributed by atoms with E-state index in [-0.39, 0.29) is 23.3 Å². The maximum atomic E-state index is 13.2. The molecule has 0 unspecified atom stereocenters. The number of nitrogens with one attached hydrogen (secondary N) is 1. The number of sulfonamides is 1. The predicted octanol–water partition coefficient (Wildman–Crippen LogP) is 2.73. The summed E-state index contributed by atoms with van der Waals surface area (Å²) in [6.07, 6.45) is 1.30. The average Bonchev–Trinajstić information content (AvgIpc) is 3.17. The van der Waals surface area contributed by atoms with Gasteiger partial charge in [0, 0.05) is 18.8 Å². The van der Waals surface area contributed by atoms with E-state index in [9.17, 15) is 13.2 Å². The minimum absolute atomic E-state index is 0.151. The van der Waals surface area contributed by atoms with Gasteiger partial charge in [0.1, 0.15) is 15.9 Å². The number of carbonyl (C=O) groups is 1. The third-order valence-electron chi connectivity index (χ3n) is 4.66. The Labute approximate surface area is 161 Å². The summed E-state index contributed by atoms with van der Waals surface area (Å²) in [6, 6.07) is 14.1. The summed E-state index contributed by atoms with van der Waals surface area (Å²) in [6.45, 7) is 0.556. The highest BCUT2D eigenvalue weighted by Crippen LogP contribution is 2.28. The number of nitrogens with zero attached hydrogens (tertiary/aromatic N) is 3. The summed E-state index contributed by atoms with van der Waals surface area (Å²) in [7, 11) is -3.74. The van der Waals surface area contributed by atoms with Gasteiger partial charge in [-0.05, 0) is 37.1 Å². The van der Waals surface area contributed by atoms with E-state index in [1.807, 2.05) is 30.3 Å². The molecule has 2 aromatic carbocycles. The Kier molecular flexibility index (Phi) is 4.90.